The van der Waals surface area contributed by atoms with Crippen molar-refractivity contribution in [3.8, 4) is 5.75 Å². The van der Waals surface area contributed by atoms with Crippen LogP contribution in [-0.2, 0) is 16.6 Å². The van der Waals surface area contributed by atoms with Gasteiger partial charge in [-0.1, -0.05) is 33.8 Å². The van der Waals surface area contributed by atoms with Gasteiger partial charge in [-0.25, -0.2) is 0 Å². The van der Waals surface area contributed by atoms with Crippen molar-refractivity contribution in [3.05, 3.63) is 28.8 Å². The molecule has 1 aromatic carbocycles. The Morgan fingerprint density at radius 2 is 1.87 bits per heavy atom. The summed E-state index contributed by atoms with van der Waals surface area (Å²) < 4.78 is 0. The normalized spacial score (nSPS) is 32.6. The number of carbonyl (C=O) groups is 1. The van der Waals surface area contributed by atoms with Crippen LogP contribution in [0.3, 0.4) is 0 Å². The number of phenolic OH excluding ortho intramolecular Hbond substituents is 1. The van der Waals surface area contributed by atoms with E-state index in [2.05, 4.69) is 27.7 Å². The van der Waals surface area contributed by atoms with Crippen molar-refractivity contribution in [2.75, 3.05) is 0 Å². The molecule has 3 unspecified atom stereocenters. The highest BCUT2D eigenvalue weighted by Crippen LogP contribution is 2.56. The maximum absolute atomic E-state index is 13.0. The fraction of sp³-hybridized carbons (Fsp3) is 0.650. The number of hydrogen-bond acceptors (Lipinski definition) is 3. The van der Waals surface area contributed by atoms with Crippen LogP contribution in [-0.4, -0.2) is 22.1 Å². The summed E-state index contributed by atoms with van der Waals surface area (Å²) in [5, 5.41) is 20.7. The van der Waals surface area contributed by atoms with Gasteiger partial charge in [-0.15, -0.1) is 0 Å². The van der Waals surface area contributed by atoms with Gasteiger partial charge in [0.25, 0.3) is 0 Å². The van der Waals surface area contributed by atoms with Crippen LogP contribution in [0, 0.1) is 11.3 Å². The van der Waals surface area contributed by atoms with Crippen LogP contribution >= 0.6 is 0 Å². The number of ketones is 1. The van der Waals surface area contributed by atoms with Crippen LogP contribution in [0.4, 0.5) is 0 Å². The highest BCUT2D eigenvalue weighted by atomic mass is 16.3. The third-order valence-corrected chi connectivity index (χ3v) is 6.57. The molecule has 0 saturated heterocycles. The molecular weight excluding hydrogens is 288 g/mol. The van der Waals surface area contributed by atoms with Crippen molar-refractivity contribution in [2.24, 2.45) is 11.3 Å². The summed E-state index contributed by atoms with van der Waals surface area (Å²) in [6.45, 7) is 10.4. The molecule has 0 aromatic heterocycles. The molecule has 2 aliphatic rings. The number of hydrogen-bond donors (Lipinski definition) is 2. The molecule has 0 heterocycles. The molecule has 0 aliphatic heterocycles. The van der Waals surface area contributed by atoms with Gasteiger partial charge in [-0.2, -0.15) is 0 Å². The SMILES string of the molecule is CC(C)c1c(O)ccc2c1CCC1C2(C)C(=O)CC(O)C1(C)C. The number of aromatic hydroxyl groups is 1. The number of Topliss-reactive ketones (excluding diaryl/α,β-unsaturated/α-hetero) is 1. The average molecular weight is 316 g/mol. The number of rotatable bonds is 1. The zero-order chi connectivity index (χ0) is 17.2. The van der Waals surface area contributed by atoms with E-state index >= 15 is 0 Å². The fourth-order valence-corrected chi connectivity index (χ4v) is 5.16. The standard InChI is InChI=1S/C20H28O3/c1-11(2)18-12-6-9-15-19(3,4)16(22)10-17(23)20(15,5)13(12)7-8-14(18)21/h7-8,11,15-16,21-22H,6,9-10H2,1-5H3. The Kier molecular flexibility index (Phi) is 3.64. The summed E-state index contributed by atoms with van der Waals surface area (Å²) in [7, 11) is 0. The van der Waals surface area contributed by atoms with Gasteiger partial charge in [0.15, 0.2) is 0 Å². The van der Waals surface area contributed by atoms with E-state index in [4.69, 9.17) is 0 Å². The molecule has 3 rings (SSSR count). The Morgan fingerprint density at radius 1 is 1.22 bits per heavy atom. The lowest BCUT2D eigenvalue weighted by Gasteiger charge is -2.55. The number of aliphatic hydroxyl groups excluding tert-OH is 1. The highest BCUT2D eigenvalue weighted by molar-refractivity contribution is 5.92. The lowest BCUT2D eigenvalue weighted by molar-refractivity contribution is -0.145. The van der Waals surface area contributed by atoms with Gasteiger partial charge in [0, 0.05) is 6.42 Å². The van der Waals surface area contributed by atoms with Crippen molar-refractivity contribution >= 4 is 5.78 Å². The van der Waals surface area contributed by atoms with Crippen molar-refractivity contribution < 1.29 is 15.0 Å². The molecule has 0 radical (unpaired) electrons. The molecule has 0 bridgehead atoms. The molecule has 1 saturated carbocycles. The van der Waals surface area contributed by atoms with Crippen LogP contribution < -0.4 is 0 Å². The van der Waals surface area contributed by atoms with Crippen molar-refractivity contribution in [2.45, 2.75) is 71.3 Å². The Hall–Kier alpha value is -1.35. The van der Waals surface area contributed by atoms with Gasteiger partial charge >= 0.3 is 0 Å². The van der Waals surface area contributed by atoms with E-state index in [-0.39, 0.29) is 29.5 Å². The highest BCUT2D eigenvalue weighted by Gasteiger charge is 2.58. The second-order valence-electron chi connectivity index (χ2n) is 8.44. The first kappa shape index (κ1) is 16.5. The first-order chi connectivity index (χ1) is 10.6. The molecule has 3 heteroatoms. The molecule has 3 nitrogen and oxygen atoms in total. The van der Waals surface area contributed by atoms with E-state index < -0.39 is 11.5 Å². The van der Waals surface area contributed by atoms with Crippen LogP contribution in [0.5, 0.6) is 5.75 Å². The topological polar surface area (TPSA) is 57.5 Å². The lowest BCUT2D eigenvalue weighted by atomic mass is 9.48. The minimum atomic E-state index is -0.573. The number of phenols is 1. The largest absolute Gasteiger partial charge is 0.508 e. The van der Waals surface area contributed by atoms with E-state index in [1.165, 1.54) is 0 Å². The first-order valence-corrected chi connectivity index (χ1v) is 8.68. The molecule has 1 aromatic rings. The first-order valence-electron chi connectivity index (χ1n) is 8.68. The number of carbonyl (C=O) groups excluding carboxylic acids is 1. The van der Waals surface area contributed by atoms with Crippen molar-refractivity contribution in [3.63, 3.8) is 0 Å². The van der Waals surface area contributed by atoms with E-state index in [0.717, 1.165) is 29.5 Å². The zero-order valence-electron chi connectivity index (χ0n) is 14.8. The minimum Gasteiger partial charge on any atom is -0.508 e. The number of benzene rings is 1. The third kappa shape index (κ3) is 2.09. The fourth-order valence-electron chi connectivity index (χ4n) is 5.16. The van der Waals surface area contributed by atoms with Gasteiger partial charge in [-0.05, 0) is 59.8 Å². The summed E-state index contributed by atoms with van der Waals surface area (Å²) in [6, 6.07) is 3.68. The van der Waals surface area contributed by atoms with E-state index in [1.807, 2.05) is 13.0 Å². The predicted molar refractivity (Wildman–Crippen MR) is 90.8 cm³/mol. The van der Waals surface area contributed by atoms with Gasteiger partial charge in [0.2, 0.25) is 0 Å². The van der Waals surface area contributed by atoms with Crippen LogP contribution in [0.25, 0.3) is 0 Å². The van der Waals surface area contributed by atoms with Crippen LogP contribution in [0.2, 0.25) is 0 Å². The maximum atomic E-state index is 13.0. The summed E-state index contributed by atoms with van der Waals surface area (Å²) in [5.74, 6) is 0.824. The molecule has 2 aliphatic carbocycles. The Bertz CT molecular complexity index is 659. The molecule has 0 amide bonds. The smallest absolute Gasteiger partial charge is 0.146 e. The van der Waals surface area contributed by atoms with E-state index in [9.17, 15) is 15.0 Å². The van der Waals surface area contributed by atoms with Gasteiger partial charge in [-0.3, -0.25) is 4.79 Å². The Balaban J connectivity index is 2.24. The van der Waals surface area contributed by atoms with Crippen molar-refractivity contribution in [1.29, 1.82) is 0 Å². The quantitative estimate of drug-likeness (QED) is 0.830. The minimum absolute atomic E-state index is 0.128. The summed E-state index contributed by atoms with van der Waals surface area (Å²) in [4.78, 5) is 13.0. The van der Waals surface area contributed by atoms with Gasteiger partial charge in [0.05, 0.1) is 11.5 Å². The van der Waals surface area contributed by atoms with Crippen molar-refractivity contribution in [1.82, 2.24) is 0 Å². The summed E-state index contributed by atoms with van der Waals surface area (Å²) in [5.41, 5.74) is 2.36. The van der Waals surface area contributed by atoms with Crippen LogP contribution in [0.15, 0.2) is 12.1 Å². The van der Waals surface area contributed by atoms with E-state index in [1.54, 1.807) is 6.07 Å². The van der Waals surface area contributed by atoms with Crippen LogP contribution in [0.1, 0.15) is 70.1 Å². The molecule has 0 spiro atoms. The molecule has 2 N–H and O–H groups in total. The molecule has 1 fully saturated rings. The molecule has 126 valence electrons. The number of fused-ring (bicyclic) bond motifs is 3. The maximum Gasteiger partial charge on any atom is 0.146 e. The molecule has 3 atom stereocenters. The lowest BCUT2D eigenvalue weighted by Crippen LogP contribution is -2.58. The second-order valence-corrected chi connectivity index (χ2v) is 8.44. The Labute approximate surface area is 138 Å². The summed E-state index contributed by atoms with van der Waals surface area (Å²) in [6.07, 6.45) is 1.39. The predicted octanol–water partition coefficient (Wildman–Crippen LogP) is 3.70. The zero-order valence-corrected chi connectivity index (χ0v) is 14.8. The van der Waals surface area contributed by atoms with E-state index in [0.29, 0.717) is 5.75 Å². The summed E-state index contributed by atoms with van der Waals surface area (Å²) >= 11 is 0. The molecular formula is C20H28O3. The van der Waals surface area contributed by atoms with Gasteiger partial charge in [0.1, 0.15) is 11.5 Å². The molecule has 23 heavy (non-hydrogen) atoms. The average Bonchev–Trinajstić information content (AvgIpc) is 2.44. The Morgan fingerprint density at radius 3 is 2.48 bits per heavy atom. The van der Waals surface area contributed by atoms with Gasteiger partial charge < -0.3 is 10.2 Å². The monoisotopic (exact) mass is 316 g/mol. The second kappa shape index (κ2) is 5.07. The number of aliphatic hydroxyl groups is 1. The third-order valence-electron chi connectivity index (χ3n) is 6.57.